The minimum Gasteiger partial charge on any atom is -0.480 e. The lowest BCUT2D eigenvalue weighted by atomic mass is 10.0. The fourth-order valence-electron chi connectivity index (χ4n) is 3.38. The van der Waals surface area contributed by atoms with Gasteiger partial charge in [0.05, 0.1) is 33.0 Å². The van der Waals surface area contributed by atoms with Crippen LogP contribution in [0.3, 0.4) is 0 Å². The van der Waals surface area contributed by atoms with Crippen LogP contribution in [0.25, 0.3) is 11.0 Å². The number of nitrogens with one attached hydrogen (secondary N) is 2. The fourth-order valence-corrected chi connectivity index (χ4v) is 6.02. The summed E-state index contributed by atoms with van der Waals surface area (Å²) in [6.45, 7) is 0. The largest absolute Gasteiger partial charge is 0.480 e. The maximum Gasteiger partial charge on any atom is 0.329 e. The first kappa shape index (κ1) is 27.5. The molecule has 10 nitrogen and oxygen atoms in total. The molecule has 0 fully saturated rings. The molecule has 2 unspecified atom stereocenters. The van der Waals surface area contributed by atoms with Gasteiger partial charge in [-0.3, -0.25) is 9.52 Å². The first-order valence-corrected chi connectivity index (χ1v) is 14.2. The number of aliphatic hydroxyl groups is 1. The van der Waals surface area contributed by atoms with Crippen LogP contribution in [0.1, 0.15) is 22.0 Å². The second-order valence-electron chi connectivity index (χ2n) is 7.59. The summed E-state index contributed by atoms with van der Waals surface area (Å²) in [5.41, 5.74) is 0.412. The molecule has 0 radical (unpaired) electrons. The van der Waals surface area contributed by atoms with E-state index in [0.717, 1.165) is 11.7 Å². The Morgan fingerprint density at radius 2 is 1.78 bits per heavy atom. The van der Waals surface area contributed by atoms with E-state index in [-0.39, 0.29) is 37.3 Å². The first-order valence-electron chi connectivity index (χ1n) is 10.2. The maximum atomic E-state index is 13.2. The number of aromatic nitrogens is 2. The Bertz CT molecular complexity index is 1630. The highest BCUT2D eigenvalue weighted by Gasteiger charge is 2.31. The van der Waals surface area contributed by atoms with Gasteiger partial charge in [0, 0.05) is 3.57 Å². The van der Waals surface area contributed by atoms with Gasteiger partial charge in [-0.15, -0.1) is 0 Å². The standard InChI is InChI=1S/C22H15Cl2IN4O6S2/c23-13-7-4-10(8-14(13)24)20(30)19(22(32)33)26-21(31)12-6-5-11(25)9-16(12)29-37(34,35)17-3-1-2-15-18(17)28-36-27-15/h1-9,19-20,29-30H,(H,26,31)(H,32,33). The van der Waals surface area contributed by atoms with Crippen molar-refractivity contribution in [2.24, 2.45) is 0 Å². The summed E-state index contributed by atoms with van der Waals surface area (Å²) in [5, 5.41) is 22.9. The van der Waals surface area contributed by atoms with Crippen LogP contribution in [0.15, 0.2) is 59.5 Å². The molecule has 1 amide bonds. The number of hydrogen-bond donors (Lipinski definition) is 4. The summed E-state index contributed by atoms with van der Waals surface area (Å²) in [5.74, 6) is -2.46. The van der Waals surface area contributed by atoms with Crippen molar-refractivity contribution in [2.75, 3.05) is 4.72 Å². The van der Waals surface area contributed by atoms with Crippen LogP contribution in [-0.4, -0.2) is 45.3 Å². The predicted molar refractivity (Wildman–Crippen MR) is 148 cm³/mol. The Hall–Kier alpha value is -2.56. The van der Waals surface area contributed by atoms with Gasteiger partial charge >= 0.3 is 5.97 Å². The van der Waals surface area contributed by atoms with Gasteiger partial charge in [-0.2, -0.15) is 8.75 Å². The number of carbonyl (C=O) groups is 2. The van der Waals surface area contributed by atoms with Crippen LogP contribution in [0, 0.1) is 3.57 Å². The van der Waals surface area contributed by atoms with Gasteiger partial charge in [-0.1, -0.05) is 35.3 Å². The summed E-state index contributed by atoms with van der Waals surface area (Å²) in [4.78, 5) is 24.9. The third kappa shape index (κ3) is 5.97. The number of carbonyl (C=O) groups excluding carboxylic acids is 1. The van der Waals surface area contributed by atoms with Crippen LogP contribution >= 0.6 is 57.5 Å². The van der Waals surface area contributed by atoms with Crippen molar-refractivity contribution in [3.8, 4) is 0 Å². The number of benzene rings is 3. The lowest BCUT2D eigenvalue weighted by molar-refractivity contribution is -0.142. The lowest BCUT2D eigenvalue weighted by Crippen LogP contribution is -2.45. The smallest absolute Gasteiger partial charge is 0.329 e. The van der Waals surface area contributed by atoms with Crippen LogP contribution in [0.2, 0.25) is 10.0 Å². The van der Waals surface area contributed by atoms with E-state index in [1.165, 1.54) is 42.5 Å². The van der Waals surface area contributed by atoms with Crippen LogP contribution in [0.5, 0.6) is 0 Å². The van der Waals surface area contributed by atoms with Crippen molar-refractivity contribution in [3.63, 3.8) is 0 Å². The monoisotopic (exact) mass is 692 g/mol. The van der Waals surface area contributed by atoms with Crippen molar-refractivity contribution in [3.05, 3.63) is 79.3 Å². The zero-order valence-electron chi connectivity index (χ0n) is 18.2. The van der Waals surface area contributed by atoms with E-state index in [0.29, 0.717) is 9.09 Å². The molecule has 0 aliphatic carbocycles. The molecule has 15 heteroatoms. The van der Waals surface area contributed by atoms with Gasteiger partial charge < -0.3 is 15.5 Å². The molecule has 0 spiro atoms. The molecule has 0 aliphatic rings. The SMILES string of the molecule is O=C(NC(C(=O)O)C(O)c1ccc(Cl)c(Cl)c1)c1ccc(I)cc1NS(=O)(=O)c1cccc2nsnc12. The zero-order chi connectivity index (χ0) is 26.9. The van der Waals surface area contributed by atoms with Gasteiger partial charge in [-0.05, 0) is 70.6 Å². The highest BCUT2D eigenvalue weighted by Crippen LogP contribution is 2.29. The third-order valence-electron chi connectivity index (χ3n) is 5.16. The molecular formula is C22H15Cl2IN4O6S2. The van der Waals surface area contributed by atoms with Crippen molar-refractivity contribution in [1.82, 2.24) is 14.1 Å². The molecule has 1 aromatic heterocycles. The number of amides is 1. The average Bonchev–Trinajstić information content (AvgIpc) is 3.32. The molecule has 0 saturated carbocycles. The zero-order valence-corrected chi connectivity index (χ0v) is 23.5. The van der Waals surface area contributed by atoms with Crippen molar-refractivity contribution >= 4 is 96.1 Å². The molecule has 2 atom stereocenters. The molecular weight excluding hydrogens is 678 g/mol. The Kier molecular flexibility index (Phi) is 8.20. The van der Waals surface area contributed by atoms with Gasteiger partial charge in [0.2, 0.25) is 0 Å². The van der Waals surface area contributed by atoms with Gasteiger partial charge in [0.25, 0.3) is 15.9 Å². The van der Waals surface area contributed by atoms with E-state index in [1.807, 2.05) is 22.6 Å². The molecule has 0 aliphatic heterocycles. The van der Waals surface area contributed by atoms with Crippen molar-refractivity contribution in [1.29, 1.82) is 0 Å². The maximum absolute atomic E-state index is 13.2. The van der Waals surface area contributed by atoms with E-state index >= 15 is 0 Å². The summed E-state index contributed by atoms with van der Waals surface area (Å²) in [7, 11) is -4.22. The van der Waals surface area contributed by atoms with Crippen LogP contribution in [-0.2, 0) is 14.8 Å². The highest BCUT2D eigenvalue weighted by molar-refractivity contribution is 14.1. The molecule has 0 saturated heterocycles. The lowest BCUT2D eigenvalue weighted by Gasteiger charge is -2.22. The summed E-state index contributed by atoms with van der Waals surface area (Å²) >= 11 is 14.7. The number of halogens is 3. The number of rotatable bonds is 8. The molecule has 4 aromatic rings. The molecule has 4 N–H and O–H groups in total. The number of fused-ring (bicyclic) bond motifs is 1. The second-order valence-corrected chi connectivity index (χ2v) is 11.8. The highest BCUT2D eigenvalue weighted by atomic mass is 127. The summed E-state index contributed by atoms with van der Waals surface area (Å²) < 4.78 is 37.5. The van der Waals surface area contributed by atoms with E-state index in [1.54, 1.807) is 12.1 Å². The Morgan fingerprint density at radius 3 is 2.49 bits per heavy atom. The number of carboxylic acid groups (broad SMARTS) is 1. The Balaban J connectivity index is 1.65. The van der Waals surface area contributed by atoms with E-state index in [9.17, 15) is 28.2 Å². The van der Waals surface area contributed by atoms with Gasteiger partial charge in [0.15, 0.2) is 6.04 Å². The summed E-state index contributed by atoms with van der Waals surface area (Å²) in [6.07, 6.45) is -1.69. The number of aliphatic hydroxyl groups excluding tert-OH is 1. The van der Waals surface area contributed by atoms with Crippen LogP contribution in [0.4, 0.5) is 5.69 Å². The van der Waals surface area contributed by atoms with Gasteiger partial charge in [-0.25, -0.2) is 13.2 Å². The minimum absolute atomic E-state index is 0.0911. The topological polar surface area (TPSA) is 159 Å². The fraction of sp³-hybridized carbons (Fsp3) is 0.0909. The molecule has 3 aromatic carbocycles. The Morgan fingerprint density at radius 1 is 1.03 bits per heavy atom. The minimum atomic E-state index is -4.22. The molecule has 192 valence electrons. The van der Waals surface area contributed by atoms with Gasteiger partial charge in [0.1, 0.15) is 22.0 Å². The predicted octanol–water partition coefficient (Wildman–Crippen LogP) is 4.32. The average molecular weight is 693 g/mol. The normalized spacial score (nSPS) is 13.2. The number of hydrogen-bond acceptors (Lipinski definition) is 8. The number of carboxylic acids is 1. The molecule has 1 heterocycles. The van der Waals surface area contributed by atoms with Crippen molar-refractivity contribution < 1.29 is 28.2 Å². The summed E-state index contributed by atoms with van der Waals surface area (Å²) in [6, 6.07) is 11.0. The molecule has 37 heavy (non-hydrogen) atoms. The third-order valence-corrected chi connectivity index (χ3v) is 8.51. The Labute approximate surface area is 238 Å². The number of sulfonamides is 1. The molecule has 4 rings (SSSR count). The number of nitrogens with zero attached hydrogens (tertiary/aromatic N) is 2. The number of aliphatic carboxylic acids is 1. The van der Waals surface area contributed by atoms with E-state index in [2.05, 4.69) is 18.8 Å². The van der Waals surface area contributed by atoms with E-state index < -0.39 is 34.0 Å². The second kappa shape index (κ2) is 11.0. The van der Waals surface area contributed by atoms with E-state index in [4.69, 9.17) is 23.2 Å². The first-order chi connectivity index (χ1) is 17.5. The van der Waals surface area contributed by atoms with Crippen molar-refractivity contribution in [2.45, 2.75) is 17.0 Å². The quantitative estimate of drug-likeness (QED) is 0.199. The van der Waals surface area contributed by atoms with Crippen LogP contribution < -0.4 is 10.0 Å². The molecule has 0 bridgehead atoms. The number of anilines is 1.